The fourth-order valence-electron chi connectivity index (χ4n) is 4.76. The van der Waals surface area contributed by atoms with E-state index in [2.05, 4.69) is 57.7 Å². The van der Waals surface area contributed by atoms with Gasteiger partial charge in [-0.25, -0.2) is 0 Å². The minimum atomic E-state index is -0.0670. The number of carbonyl (C=O) groups is 2. The third-order valence-electron chi connectivity index (χ3n) is 7.76. The summed E-state index contributed by atoms with van der Waals surface area (Å²) in [5.41, 5.74) is 1.46. The van der Waals surface area contributed by atoms with Crippen LogP contribution in [0.25, 0.3) is 0 Å². The number of hydrogen-bond donors (Lipinski definition) is 0. The van der Waals surface area contributed by atoms with Crippen LogP contribution in [0.2, 0.25) is 0 Å². The van der Waals surface area contributed by atoms with Gasteiger partial charge in [-0.2, -0.15) is 0 Å². The number of hydrogen-bond acceptors (Lipinski definition) is 4. The molecular formula is C30H54N2O3. The van der Waals surface area contributed by atoms with Crippen molar-refractivity contribution < 1.29 is 14.3 Å². The summed E-state index contributed by atoms with van der Waals surface area (Å²) in [6, 6.07) is 0. The summed E-state index contributed by atoms with van der Waals surface area (Å²) in [6.45, 7) is 18.1. The molecule has 0 radical (unpaired) electrons. The van der Waals surface area contributed by atoms with Gasteiger partial charge < -0.3 is 14.5 Å². The first-order valence-corrected chi connectivity index (χ1v) is 14.1. The Bertz CT molecular complexity index is 673. The highest BCUT2D eigenvalue weighted by Gasteiger charge is 2.25. The Morgan fingerprint density at radius 2 is 1.86 bits per heavy atom. The highest BCUT2D eigenvalue weighted by atomic mass is 16.5. The topological polar surface area (TPSA) is 49.9 Å². The molecule has 0 N–H and O–H groups in total. The van der Waals surface area contributed by atoms with Crippen LogP contribution in [0.3, 0.4) is 0 Å². The Morgan fingerprint density at radius 3 is 2.54 bits per heavy atom. The maximum atomic E-state index is 11.8. The predicted octanol–water partition coefficient (Wildman–Crippen LogP) is 6.49. The van der Waals surface area contributed by atoms with Crippen molar-refractivity contribution in [2.75, 3.05) is 39.8 Å². The molecule has 4 atom stereocenters. The second-order valence-corrected chi connectivity index (χ2v) is 10.9. The van der Waals surface area contributed by atoms with Gasteiger partial charge in [-0.05, 0) is 88.8 Å². The van der Waals surface area contributed by atoms with Gasteiger partial charge in [0.2, 0.25) is 5.91 Å². The van der Waals surface area contributed by atoms with Crippen LogP contribution in [0.15, 0.2) is 23.8 Å². The van der Waals surface area contributed by atoms with Crippen LogP contribution in [-0.4, -0.2) is 61.5 Å². The zero-order valence-corrected chi connectivity index (χ0v) is 23.9. The van der Waals surface area contributed by atoms with Crippen molar-refractivity contribution in [3.8, 4) is 0 Å². The van der Waals surface area contributed by atoms with Gasteiger partial charge in [0, 0.05) is 20.0 Å². The zero-order chi connectivity index (χ0) is 26.2. The molecule has 0 aromatic rings. The Kier molecular flexibility index (Phi) is 15.9. The number of unbranched alkanes of at least 4 members (excludes halogenated alkanes) is 1. The normalized spacial score (nSPS) is 20.8. The number of nitrogens with zero attached hydrogens (tertiary/aromatic N) is 2. The van der Waals surface area contributed by atoms with Gasteiger partial charge in [-0.1, -0.05) is 58.4 Å². The molecular weight excluding hydrogens is 436 g/mol. The van der Waals surface area contributed by atoms with Crippen LogP contribution in [0.1, 0.15) is 92.9 Å². The Balaban J connectivity index is 2.20. The van der Waals surface area contributed by atoms with Crippen molar-refractivity contribution in [2.45, 2.75) is 92.9 Å². The van der Waals surface area contributed by atoms with Gasteiger partial charge in [0.25, 0.3) is 0 Å². The summed E-state index contributed by atoms with van der Waals surface area (Å²) in [6.07, 6.45) is 14.9. The van der Waals surface area contributed by atoms with Crippen LogP contribution >= 0.6 is 0 Å². The van der Waals surface area contributed by atoms with Crippen molar-refractivity contribution in [3.63, 3.8) is 0 Å². The van der Waals surface area contributed by atoms with Crippen LogP contribution < -0.4 is 0 Å². The fraction of sp³-hybridized carbons (Fsp3) is 0.800. The zero-order valence-electron chi connectivity index (χ0n) is 23.9. The van der Waals surface area contributed by atoms with Gasteiger partial charge in [-0.3, -0.25) is 9.59 Å². The number of amides is 1. The average Bonchev–Trinajstić information content (AvgIpc) is 2.84. The molecule has 1 fully saturated rings. The third-order valence-corrected chi connectivity index (χ3v) is 7.76. The molecule has 0 aromatic heterocycles. The lowest BCUT2D eigenvalue weighted by Crippen LogP contribution is -2.32. The maximum Gasteiger partial charge on any atom is 0.306 e. The summed E-state index contributed by atoms with van der Waals surface area (Å²) in [4.78, 5) is 27.8. The van der Waals surface area contributed by atoms with Gasteiger partial charge in [0.05, 0.1) is 13.0 Å². The summed E-state index contributed by atoms with van der Waals surface area (Å²) in [7, 11) is 1.93. The molecule has 0 spiro atoms. The van der Waals surface area contributed by atoms with Gasteiger partial charge in [-0.15, -0.1) is 0 Å². The molecule has 3 unspecified atom stereocenters. The van der Waals surface area contributed by atoms with Crippen molar-refractivity contribution in [2.24, 2.45) is 23.7 Å². The lowest BCUT2D eigenvalue weighted by Gasteiger charge is -2.27. The Morgan fingerprint density at radius 1 is 1.14 bits per heavy atom. The van der Waals surface area contributed by atoms with Crippen LogP contribution in [0.4, 0.5) is 0 Å². The lowest BCUT2D eigenvalue weighted by molar-refractivity contribution is -0.151. The quantitative estimate of drug-likeness (QED) is 0.133. The van der Waals surface area contributed by atoms with E-state index in [0.717, 1.165) is 25.9 Å². The average molecular weight is 491 g/mol. The second kappa shape index (κ2) is 17.8. The maximum absolute atomic E-state index is 11.8. The molecule has 1 aliphatic heterocycles. The second-order valence-electron chi connectivity index (χ2n) is 10.9. The smallest absolute Gasteiger partial charge is 0.306 e. The van der Waals surface area contributed by atoms with E-state index < -0.39 is 0 Å². The molecule has 0 saturated carbocycles. The van der Waals surface area contributed by atoms with Gasteiger partial charge >= 0.3 is 5.97 Å². The van der Waals surface area contributed by atoms with E-state index in [1.807, 2.05) is 18.9 Å². The minimum absolute atomic E-state index is 0.0670. The highest BCUT2D eigenvalue weighted by molar-refractivity contribution is 5.75. The van der Waals surface area contributed by atoms with Crippen LogP contribution in [0.5, 0.6) is 0 Å². The monoisotopic (exact) mass is 490 g/mol. The number of rotatable bonds is 17. The third kappa shape index (κ3) is 13.3. The van der Waals surface area contributed by atoms with Crippen molar-refractivity contribution in [1.82, 2.24) is 9.80 Å². The summed E-state index contributed by atoms with van der Waals surface area (Å²) in [5, 5.41) is 0. The molecule has 1 saturated heterocycles. The largest absolute Gasteiger partial charge is 0.465 e. The van der Waals surface area contributed by atoms with Crippen LogP contribution in [-0.2, 0) is 14.3 Å². The van der Waals surface area contributed by atoms with E-state index in [0.29, 0.717) is 43.1 Å². The molecule has 1 heterocycles. The number of ether oxygens (including phenoxy) is 1. The molecule has 0 aliphatic carbocycles. The molecule has 1 rings (SSSR count). The minimum Gasteiger partial charge on any atom is -0.465 e. The molecule has 0 aromatic carbocycles. The van der Waals surface area contributed by atoms with E-state index in [4.69, 9.17) is 4.74 Å². The fourth-order valence-corrected chi connectivity index (χ4v) is 4.76. The van der Waals surface area contributed by atoms with E-state index in [1.54, 1.807) is 0 Å². The lowest BCUT2D eigenvalue weighted by atomic mass is 9.89. The van der Waals surface area contributed by atoms with Crippen molar-refractivity contribution in [3.05, 3.63) is 23.8 Å². The summed E-state index contributed by atoms with van der Waals surface area (Å²) >= 11 is 0. The first-order chi connectivity index (χ1) is 16.7. The highest BCUT2D eigenvalue weighted by Crippen LogP contribution is 2.23. The first-order valence-electron chi connectivity index (χ1n) is 14.1. The van der Waals surface area contributed by atoms with Crippen molar-refractivity contribution >= 4 is 11.9 Å². The molecule has 5 nitrogen and oxygen atoms in total. The standard InChI is InChI=1S/C30H54N2O3/c1-8-29(33)31(7)22-26(5)25(4)17-14-20-32(9-2)19-13-12-16-24(3)15-10-11-18-28-21-30(34)35-23-27(28)6/h11,15,18,25-28H,8-10,12-14,16-17,19-23H2,1-7H3/b18-11-,24-15+/t25?,26?,27?,28-/m0/s1. The van der Waals surface area contributed by atoms with E-state index in [1.165, 1.54) is 44.3 Å². The molecule has 1 aliphatic rings. The SMILES string of the molecule is CCC(=O)N(C)CC(C)C(C)CCCN(CC)CCCC/C(C)=C/C/C=C\[C@H]1CC(=O)OCC1C. The summed E-state index contributed by atoms with van der Waals surface area (Å²) < 4.78 is 5.11. The molecule has 1 amide bonds. The van der Waals surface area contributed by atoms with Crippen molar-refractivity contribution in [1.29, 1.82) is 0 Å². The summed E-state index contributed by atoms with van der Waals surface area (Å²) in [5.74, 6) is 2.09. The number of carbonyl (C=O) groups excluding carboxylic acids is 2. The van der Waals surface area contributed by atoms with Gasteiger partial charge in [0.15, 0.2) is 0 Å². The van der Waals surface area contributed by atoms with E-state index >= 15 is 0 Å². The van der Waals surface area contributed by atoms with Crippen LogP contribution in [0, 0.1) is 23.7 Å². The van der Waals surface area contributed by atoms with E-state index in [-0.39, 0.29) is 11.9 Å². The molecule has 0 bridgehead atoms. The number of esters is 1. The molecule has 35 heavy (non-hydrogen) atoms. The van der Waals surface area contributed by atoms with E-state index in [9.17, 15) is 9.59 Å². The number of cyclic esters (lactones) is 1. The Labute approximate surface area is 216 Å². The molecule has 202 valence electrons. The predicted molar refractivity (Wildman–Crippen MR) is 147 cm³/mol. The number of allylic oxidation sites excluding steroid dienone is 4. The Hall–Kier alpha value is -1.62. The first kappa shape index (κ1) is 31.4. The van der Waals surface area contributed by atoms with Gasteiger partial charge in [0.1, 0.15) is 0 Å². The molecule has 5 heteroatoms.